The molecule has 3 aromatic rings. The first-order chi connectivity index (χ1) is 14.5. The fourth-order valence-electron chi connectivity index (χ4n) is 3.64. The van der Waals surface area contributed by atoms with Gasteiger partial charge in [0.15, 0.2) is 11.5 Å². The van der Waals surface area contributed by atoms with Crippen molar-refractivity contribution in [3.63, 3.8) is 0 Å². The summed E-state index contributed by atoms with van der Waals surface area (Å²) in [7, 11) is 0. The second-order valence-corrected chi connectivity index (χ2v) is 8.08. The zero-order chi connectivity index (χ0) is 21.1. The number of nitrogens with two attached hydrogens (primary N) is 1. The van der Waals surface area contributed by atoms with E-state index in [9.17, 15) is 4.79 Å². The zero-order valence-corrected chi connectivity index (χ0v) is 18.3. The summed E-state index contributed by atoms with van der Waals surface area (Å²) in [4.78, 5) is 22.5. The number of nitrogen functional groups attached to an aromatic ring is 1. The quantitative estimate of drug-likeness (QED) is 0.545. The van der Waals surface area contributed by atoms with Gasteiger partial charge in [0, 0.05) is 16.8 Å². The molecule has 2 N–H and O–H groups in total. The number of ketones is 1. The van der Waals surface area contributed by atoms with Gasteiger partial charge in [-0.15, -0.1) is 10.2 Å². The number of carbonyl (C=O) groups excluding carboxylic acids is 1. The van der Waals surface area contributed by atoms with Crippen LogP contribution in [0, 0.1) is 0 Å². The van der Waals surface area contributed by atoms with Crippen LogP contribution < -0.4 is 5.73 Å². The molecule has 0 spiro atoms. The maximum absolute atomic E-state index is 11.3. The number of piperidine rings is 1. The average Bonchev–Trinajstić information content (AvgIpc) is 3.24. The molecule has 3 heterocycles. The van der Waals surface area contributed by atoms with Crippen LogP contribution in [0.4, 0.5) is 5.82 Å². The summed E-state index contributed by atoms with van der Waals surface area (Å²) >= 11 is 3.44. The lowest BCUT2D eigenvalue weighted by Crippen LogP contribution is -2.36. The number of anilines is 1. The number of carbonyl (C=O) groups is 1. The second-order valence-electron chi connectivity index (χ2n) is 7.52. The van der Waals surface area contributed by atoms with Gasteiger partial charge in [-0.3, -0.25) is 9.69 Å². The van der Waals surface area contributed by atoms with Crippen LogP contribution in [-0.2, 0) is 10.1 Å². The van der Waals surface area contributed by atoms with Crippen molar-refractivity contribution >= 4 is 27.5 Å². The van der Waals surface area contributed by atoms with Crippen molar-refractivity contribution < 1.29 is 9.21 Å². The van der Waals surface area contributed by atoms with Gasteiger partial charge in [0.2, 0.25) is 5.89 Å². The number of alkyl halides is 1. The van der Waals surface area contributed by atoms with Gasteiger partial charge in [0.25, 0.3) is 5.89 Å². The normalized spacial score (nSPS) is 15.4. The Hall–Kier alpha value is -2.65. The third kappa shape index (κ3) is 4.57. The predicted molar refractivity (Wildman–Crippen MR) is 117 cm³/mol. The zero-order valence-electron chi connectivity index (χ0n) is 16.7. The van der Waals surface area contributed by atoms with Crippen LogP contribution in [0.15, 0.2) is 34.9 Å². The van der Waals surface area contributed by atoms with Gasteiger partial charge in [0.1, 0.15) is 5.78 Å². The van der Waals surface area contributed by atoms with Gasteiger partial charge in [-0.1, -0.05) is 28.1 Å². The Labute approximate surface area is 183 Å². The number of hydrogen-bond donors (Lipinski definition) is 1. The number of aromatic nitrogens is 4. The molecule has 2 aromatic heterocycles. The first kappa shape index (κ1) is 20.6. The van der Waals surface area contributed by atoms with Crippen molar-refractivity contribution in [3.8, 4) is 23.0 Å². The Morgan fingerprint density at radius 2 is 1.90 bits per heavy atom. The van der Waals surface area contributed by atoms with E-state index in [2.05, 4.69) is 36.0 Å². The molecule has 0 amide bonds. The lowest BCUT2D eigenvalue weighted by atomic mass is 9.93. The van der Waals surface area contributed by atoms with Crippen molar-refractivity contribution in [1.29, 1.82) is 0 Å². The smallest absolute Gasteiger partial charge is 0.270 e. The summed E-state index contributed by atoms with van der Waals surface area (Å²) < 4.78 is 5.85. The third-order valence-corrected chi connectivity index (χ3v) is 5.90. The molecule has 156 valence electrons. The molecular formula is C21H23BrN6O2. The van der Waals surface area contributed by atoms with Crippen LogP contribution in [0.1, 0.15) is 36.9 Å². The molecule has 0 radical (unpaired) electrons. The molecule has 0 bridgehead atoms. The molecule has 8 nitrogen and oxygen atoms in total. The lowest BCUT2D eigenvalue weighted by molar-refractivity contribution is -0.118. The van der Waals surface area contributed by atoms with E-state index in [1.54, 1.807) is 13.1 Å². The molecule has 1 saturated heterocycles. The maximum Gasteiger partial charge on any atom is 0.270 e. The minimum absolute atomic E-state index is 0.192. The number of rotatable bonds is 6. The van der Waals surface area contributed by atoms with Gasteiger partial charge < -0.3 is 10.2 Å². The van der Waals surface area contributed by atoms with E-state index in [0.717, 1.165) is 48.1 Å². The van der Waals surface area contributed by atoms with Crippen LogP contribution in [-0.4, -0.2) is 50.5 Å². The third-order valence-electron chi connectivity index (χ3n) is 5.25. The van der Waals surface area contributed by atoms with Crippen LogP contribution in [0.2, 0.25) is 0 Å². The highest BCUT2D eigenvalue weighted by atomic mass is 79.9. The van der Waals surface area contributed by atoms with E-state index in [1.807, 2.05) is 24.3 Å². The summed E-state index contributed by atoms with van der Waals surface area (Å²) in [5.41, 5.74) is 9.33. The van der Waals surface area contributed by atoms with E-state index >= 15 is 0 Å². The molecule has 9 heteroatoms. The van der Waals surface area contributed by atoms with E-state index < -0.39 is 0 Å². The summed E-state index contributed by atoms with van der Waals surface area (Å²) in [6, 6.07) is 7.88. The Balaban J connectivity index is 1.53. The summed E-state index contributed by atoms with van der Waals surface area (Å²) in [6.45, 7) is 3.85. The van der Waals surface area contributed by atoms with Gasteiger partial charge in [0.05, 0.1) is 18.4 Å². The molecule has 1 aliphatic heterocycles. The maximum atomic E-state index is 11.3. The Morgan fingerprint density at radius 3 is 2.57 bits per heavy atom. The summed E-state index contributed by atoms with van der Waals surface area (Å²) in [5, 5.41) is 9.08. The Morgan fingerprint density at radius 1 is 1.20 bits per heavy atom. The van der Waals surface area contributed by atoms with Crippen molar-refractivity contribution in [2.45, 2.75) is 31.0 Å². The Kier molecular flexibility index (Phi) is 6.19. The van der Waals surface area contributed by atoms with E-state index in [-0.39, 0.29) is 23.4 Å². The number of nitrogens with zero attached hydrogens (tertiary/aromatic N) is 5. The van der Waals surface area contributed by atoms with Crippen LogP contribution >= 0.6 is 15.9 Å². The molecule has 1 fully saturated rings. The molecule has 0 unspecified atom stereocenters. The first-order valence-electron chi connectivity index (χ1n) is 9.87. The highest BCUT2D eigenvalue weighted by molar-refractivity contribution is 9.08. The number of likely N-dealkylation sites (tertiary alicyclic amines) is 1. The fourth-order valence-corrected chi connectivity index (χ4v) is 4.01. The summed E-state index contributed by atoms with van der Waals surface area (Å²) in [6.07, 6.45) is 3.56. The highest BCUT2D eigenvalue weighted by Gasteiger charge is 2.24. The molecule has 30 heavy (non-hydrogen) atoms. The number of benzene rings is 1. The topological polar surface area (TPSA) is 111 Å². The molecular weight excluding hydrogens is 448 g/mol. The molecule has 4 rings (SSSR count). The standard InChI is InChI=1S/C21H23BrN6O2/c1-13(29)12-28-8-6-15(7-9-28)17-11-24-19(23)18(25-17)21-27-26-20(30-21)16-4-2-14(10-22)3-5-16/h2-5,11,15H,6-10,12H2,1H3,(H2,23,24). The highest BCUT2D eigenvalue weighted by Crippen LogP contribution is 2.30. The van der Waals surface area contributed by atoms with Crippen molar-refractivity contribution in [2.24, 2.45) is 0 Å². The van der Waals surface area contributed by atoms with Gasteiger partial charge in [-0.25, -0.2) is 9.97 Å². The van der Waals surface area contributed by atoms with Gasteiger partial charge in [-0.2, -0.15) is 0 Å². The number of hydrogen-bond acceptors (Lipinski definition) is 8. The van der Waals surface area contributed by atoms with Crippen LogP contribution in [0.3, 0.4) is 0 Å². The van der Waals surface area contributed by atoms with E-state index in [0.29, 0.717) is 18.1 Å². The first-order valence-corrected chi connectivity index (χ1v) is 11.0. The minimum atomic E-state index is 0.192. The Bertz CT molecular complexity index is 1030. The van der Waals surface area contributed by atoms with E-state index in [4.69, 9.17) is 15.1 Å². The van der Waals surface area contributed by atoms with Crippen LogP contribution in [0.5, 0.6) is 0 Å². The molecule has 0 aliphatic carbocycles. The van der Waals surface area contributed by atoms with Crippen molar-refractivity contribution in [2.75, 3.05) is 25.4 Å². The largest absolute Gasteiger partial charge is 0.414 e. The molecule has 1 aromatic carbocycles. The number of Topliss-reactive ketones (excluding diaryl/α,β-unsaturated/α-hetero) is 1. The molecule has 1 aliphatic rings. The minimum Gasteiger partial charge on any atom is -0.414 e. The summed E-state index contributed by atoms with van der Waals surface area (Å²) in [5.74, 6) is 1.39. The van der Waals surface area contributed by atoms with Gasteiger partial charge in [-0.05, 0) is 50.6 Å². The molecule has 0 atom stereocenters. The average molecular weight is 471 g/mol. The SMILES string of the molecule is CC(=O)CN1CCC(c2cnc(N)c(-c3nnc(-c4ccc(CBr)cc4)o3)n2)CC1. The fraction of sp³-hybridized carbons (Fsp3) is 0.381. The number of halogens is 1. The lowest BCUT2D eigenvalue weighted by Gasteiger charge is -2.30. The van der Waals surface area contributed by atoms with Gasteiger partial charge >= 0.3 is 0 Å². The monoisotopic (exact) mass is 470 g/mol. The second kappa shape index (κ2) is 9.01. The van der Waals surface area contributed by atoms with Crippen molar-refractivity contribution in [3.05, 3.63) is 41.7 Å². The predicted octanol–water partition coefficient (Wildman–Crippen LogP) is 3.44. The van der Waals surface area contributed by atoms with E-state index in [1.165, 1.54) is 0 Å². The molecule has 0 saturated carbocycles. The van der Waals surface area contributed by atoms with Crippen molar-refractivity contribution in [1.82, 2.24) is 25.1 Å². The van der Waals surface area contributed by atoms with Crippen LogP contribution in [0.25, 0.3) is 23.0 Å².